The minimum Gasteiger partial charge on any atom is -0.497 e. The van der Waals surface area contributed by atoms with E-state index in [-0.39, 0.29) is 11.7 Å². The maximum atomic E-state index is 11.8. The predicted molar refractivity (Wildman–Crippen MR) is 77.2 cm³/mol. The van der Waals surface area contributed by atoms with Gasteiger partial charge in [-0.15, -0.1) is 0 Å². The molecule has 0 aliphatic heterocycles. The van der Waals surface area contributed by atoms with Crippen molar-refractivity contribution in [3.8, 4) is 5.75 Å². The Bertz CT molecular complexity index is 657. The summed E-state index contributed by atoms with van der Waals surface area (Å²) >= 11 is 1.23. The predicted octanol–water partition coefficient (Wildman–Crippen LogP) is 1.51. The molecule has 0 saturated heterocycles. The van der Waals surface area contributed by atoms with E-state index in [1.165, 1.54) is 18.0 Å². The second-order valence-electron chi connectivity index (χ2n) is 3.81. The maximum absolute atomic E-state index is 11.8. The number of nitrogens with zero attached hydrogens (tertiary/aromatic N) is 1. The Balaban J connectivity index is 1.90. The van der Waals surface area contributed by atoms with Crippen molar-refractivity contribution in [2.45, 2.75) is 5.03 Å². The van der Waals surface area contributed by atoms with E-state index in [2.05, 4.69) is 15.3 Å². The number of hydrogen-bond donors (Lipinski definition) is 2. The summed E-state index contributed by atoms with van der Waals surface area (Å²) in [5.74, 6) is 0.701. The highest BCUT2D eigenvalue weighted by atomic mass is 32.2. The van der Waals surface area contributed by atoms with Gasteiger partial charge >= 0.3 is 5.69 Å². The molecule has 7 heteroatoms. The number of rotatable bonds is 5. The van der Waals surface area contributed by atoms with Gasteiger partial charge < -0.3 is 15.0 Å². The van der Waals surface area contributed by atoms with Crippen LogP contribution in [0.15, 0.2) is 46.3 Å². The molecule has 2 rings (SSSR count). The van der Waals surface area contributed by atoms with Crippen molar-refractivity contribution >= 4 is 23.4 Å². The van der Waals surface area contributed by atoms with Crippen molar-refractivity contribution in [3.05, 3.63) is 47.0 Å². The number of thioether (sulfide) groups is 1. The lowest BCUT2D eigenvalue weighted by Crippen LogP contribution is -2.15. The topological polar surface area (TPSA) is 84.1 Å². The van der Waals surface area contributed by atoms with E-state index < -0.39 is 5.69 Å². The largest absolute Gasteiger partial charge is 0.497 e. The first-order valence-electron chi connectivity index (χ1n) is 5.79. The van der Waals surface area contributed by atoms with Gasteiger partial charge in [-0.1, -0.05) is 17.8 Å². The molecule has 0 aliphatic rings. The first-order valence-corrected chi connectivity index (χ1v) is 6.78. The van der Waals surface area contributed by atoms with Crippen LogP contribution in [-0.2, 0) is 4.79 Å². The molecule has 20 heavy (non-hydrogen) atoms. The Labute approximate surface area is 119 Å². The van der Waals surface area contributed by atoms with Gasteiger partial charge in [0.1, 0.15) is 5.75 Å². The first kappa shape index (κ1) is 14.1. The fourth-order valence-corrected chi connectivity index (χ4v) is 2.15. The summed E-state index contributed by atoms with van der Waals surface area (Å²) in [4.78, 5) is 28.8. The molecule has 104 valence electrons. The summed E-state index contributed by atoms with van der Waals surface area (Å²) in [5.41, 5.74) is 0.237. The molecule has 1 aromatic carbocycles. The number of anilines is 1. The van der Waals surface area contributed by atoms with E-state index in [0.717, 1.165) is 0 Å². The number of aromatic nitrogens is 2. The standard InChI is InChI=1S/C13H13N3O3S/c1-19-10-4-2-3-9(7-10)15-11(17)8-20-12-5-6-14-13(18)16-12/h2-7H,8H2,1H3,(H,15,17)(H,14,16,18). The molecule has 2 N–H and O–H groups in total. The molecule has 1 heterocycles. The van der Waals surface area contributed by atoms with Crippen LogP contribution in [0.5, 0.6) is 5.75 Å². The Morgan fingerprint density at radius 1 is 1.45 bits per heavy atom. The highest BCUT2D eigenvalue weighted by Crippen LogP contribution is 2.18. The Kier molecular flexibility index (Phi) is 4.78. The summed E-state index contributed by atoms with van der Waals surface area (Å²) in [6, 6.07) is 8.75. The van der Waals surface area contributed by atoms with Crippen molar-refractivity contribution in [3.63, 3.8) is 0 Å². The molecule has 0 bridgehead atoms. The minimum absolute atomic E-state index is 0.166. The van der Waals surface area contributed by atoms with Crippen LogP contribution in [0, 0.1) is 0 Å². The fourth-order valence-electron chi connectivity index (χ4n) is 1.48. The quantitative estimate of drug-likeness (QED) is 0.644. The summed E-state index contributed by atoms with van der Waals surface area (Å²) in [6.45, 7) is 0. The zero-order valence-electron chi connectivity index (χ0n) is 10.8. The van der Waals surface area contributed by atoms with Crippen LogP contribution in [-0.4, -0.2) is 28.7 Å². The zero-order chi connectivity index (χ0) is 14.4. The Morgan fingerprint density at radius 2 is 2.30 bits per heavy atom. The van der Waals surface area contributed by atoms with E-state index >= 15 is 0 Å². The molecule has 0 radical (unpaired) electrons. The van der Waals surface area contributed by atoms with Crippen molar-refractivity contribution in [2.24, 2.45) is 0 Å². The Hall–Kier alpha value is -2.28. The van der Waals surface area contributed by atoms with Gasteiger partial charge in [-0.25, -0.2) is 9.78 Å². The molecule has 0 fully saturated rings. The lowest BCUT2D eigenvalue weighted by Gasteiger charge is -2.06. The van der Waals surface area contributed by atoms with E-state index in [1.807, 2.05) is 0 Å². The third kappa shape index (κ3) is 4.13. The normalized spacial score (nSPS) is 10.1. The smallest absolute Gasteiger partial charge is 0.345 e. The van der Waals surface area contributed by atoms with Crippen LogP contribution >= 0.6 is 11.8 Å². The van der Waals surface area contributed by atoms with Gasteiger partial charge in [0.25, 0.3) is 0 Å². The summed E-state index contributed by atoms with van der Waals surface area (Å²) in [5, 5.41) is 3.36. The van der Waals surface area contributed by atoms with Crippen LogP contribution in [0.1, 0.15) is 0 Å². The van der Waals surface area contributed by atoms with E-state index in [0.29, 0.717) is 16.5 Å². The molecule has 0 atom stereocenters. The molecule has 1 amide bonds. The molecule has 6 nitrogen and oxygen atoms in total. The molecule has 0 spiro atoms. The molecular formula is C13H13N3O3S. The second-order valence-corrected chi connectivity index (χ2v) is 4.83. The fraction of sp³-hybridized carbons (Fsp3) is 0.154. The van der Waals surface area contributed by atoms with Gasteiger partial charge in [-0.3, -0.25) is 4.79 Å². The van der Waals surface area contributed by atoms with Crippen LogP contribution < -0.4 is 15.7 Å². The minimum atomic E-state index is -0.428. The molecule has 2 aromatic rings. The average Bonchev–Trinajstić information content (AvgIpc) is 2.45. The van der Waals surface area contributed by atoms with E-state index in [1.54, 1.807) is 37.4 Å². The number of aromatic amines is 1. The first-order chi connectivity index (χ1) is 9.67. The summed E-state index contributed by atoms with van der Waals surface area (Å²) in [6.07, 6.45) is 1.40. The number of carbonyl (C=O) groups excluding carboxylic acids is 1. The number of carbonyl (C=O) groups is 1. The van der Waals surface area contributed by atoms with E-state index in [4.69, 9.17) is 4.74 Å². The number of nitrogens with one attached hydrogen (secondary N) is 2. The van der Waals surface area contributed by atoms with Gasteiger partial charge in [0, 0.05) is 18.0 Å². The van der Waals surface area contributed by atoms with E-state index in [9.17, 15) is 9.59 Å². The third-order valence-corrected chi connectivity index (χ3v) is 3.32. The van der Waals surface area contributed by atoms with Gasteiger partial charge in [-0.2, -0.15) is 0 Å². The van der Waals surface area contributed by atoms with Crippen molar-refractivity contribution < 1.29 is 9.53 Å². The SMILES string of the molecule is COc1cccc(NC(=O)CSc2ccnc(=O)[nH]2)c1. The number of amides is 1. The van der Waals surface area contributed by atoms with Crippen LogP contribution in [0.25, 0.3) is 0 Å². The molecule has 0 saturated carbocycles. The molecule has 1 aromatic heterocycles. The monoisotopic (exact) mass is 291 g/mol. The summed E-state index contributed by atoms with van der Waals surface area (Å²) < 4.78 is 5.08. The maximum Gasteiger partial charge on any atom is 0.345 e. The average molecular weight is 291 g/mol. The molecule has 0 unspecified atom stereocenters. The number of H-pyrrole nitrogens is 1. The number of methoxy groups -OCH3 is 1. The highest BCUT2D eigenvalue weighted by molar-refractivity contribution is 7.99. The highest BCUT2D eigenvalue weighted by Gasteiger charge is 2.05. The summed E-state index contributed by atoms with van der Waals surface area (Å²) in [7, 11) is 1.57. The van der Waals surface area contributed by atoms with Crippen molar-refractivity contribution in [1.82, 2.24) is 9.97 Å². The van der Waals surface area contributed by atoms with Crippen LogP contribution in [0.3, 0.4) is 0 Å². The Morgan fingerprint density at radius 3 is 3.05 bits per heavy atom. The number of ether oxygens (including phenoxy) is 1. The van der Waals surface area contributed by atoms with Crippen LogP contribution in [0.4, 0.5) is 5.69 Å². The van der Waals surface area contributed by atoms with Gasteiger partial charge in [0.15, 0.2) is 0 Å². The lowest BCUT2D eigenvalue weighted by molar-refractivity contribution is -0.113. The third-order valence-electron chi connectivity index (χ3n) is 2.36. The second kappa shape index (κ2) is 6.76. The van der Waals surface area contributed by atoms with Gasteiger partial charge in [0.05, 0.1) is 17.9 Å². The molecule has 0 aliphatic carbocycles. The number of hydrogen-bond acceptors (Lipinski definition) is 5. The molecular weight excluding hydrogens is 278 g/mol. The lowest BCUT2D eigenvalue weighted by atomic mass is 10.3. The van der Waals surface area contributed by atoms with Crippen LogP contribution in [0.2, 0.25) is 0 Å². The van der Waals surface area contributed by atoms with Gasteiger partial charge in [0.2, 0.25) is 5.91 Å². The van der Waals surface area contributed by atoms with Crippen molar-refractivity contribution in [1.29, 1.82) is 0 Å². The zero-order valence-corrected chi connectivity index (χ0v) is 11.6. The number of benzene rings is 1. The van der Waals surface area contributed by atoms with Crippen molar-refractivity contribution in [2.75, 3.05) is 18.2 Å². The van der Waals surface area contributed by atoms with Gasteiger partial charge in [-0.05, 0) is 18.2 Å².